The lowest BCUT2D eigenvalue weighted by Gasteiger charge is -2.17. The first-order chi connectivity index (χ1) is 17.0. The van der Waals surface area contributed by atoms with E-state index in [2.05, 4.69) is 15.1 Å². The third kappa shape index (κ3) is 5.89. The molecule has 1 aromatic heterocycles. The molecule has 3 aromatic rings. The number of aryl methyl sites for hydroxylation is 1. The van der Waals surface area contributed by atoms with Crippen molar-refractivity contribution in [2.45, 2.75) is 51.6 Å². The maximum absolute atomic E-state index is 13.2. The Morgan fingerprint density at radius 2 is 1.83 bits per heavy atom. The second-order valence-corrected chi connectivity index (χ2v) is 9.74. The lowest BCUT2D eigenvalue weighted by atomic mass is 10.2. The molecule has 36 heavy (non-hydrogen) atoms. The van der Waals surface area contributed by atoms with Crippen LogP contribution in [0.5, 0.6) is 11.6 Å². The van der Waals surface area contributed by atoms with Gasteiger partial charge < -0.3 is 15.2 Å². The fraction of sp³-hybridized carbons (Fsp3) is 0.292. The van der Waals surface area contributed by atoms with Crippen LogP contribution in [0.1, 0.15) is 53.6 Å². The predicted molar refractivity (Wildman–Crippen MR) is 131 cm³/mol. The Morgan fingerprint density at radius 1 is 1.17 bits per heavy atom. The summed E-state index contributed by atoms with van der Waals surface area (Å²) in [7, 11) is -4.11. The van der Waals surface area contributed by atoms with Gasteiger partial charge >= 0.3 is 5.97 Å². The van der Waals surface area contributed by atoms with Gasteiger partial charge in [0.1, 0.15) is 16.5 Å². The van der Waals surface area contributed by atoms with Crippen LogP contribution in [0.4, 0.5) is 10.1 Å². The molecule has 192 valence electrons. The molecule has 0 bridgehead atoms. The van der Waals surface area contributed by atoms with E-state index >= 15 is 0 Å². The van der Waals surface area contributed by atoms with Gasteiger partial charge in [-0.25, -0.2) is 27.0 Å². The number of benzene rings is 2. The molecule has 1 amide bonds. The minimum absolute atomic E-state index is 0.0815. The molecule has 1 atom stereocenters. The second kappa shape index (κ2) is 10.9. The Labute approximate surface area is 208 Å². The van der Waals surface area contributed by atoms with Crippen molar-refractivity contribution in [2.24, 2.45) is 0 Å². The summed E-state index contributed by atoms with van der Waals surface area (Å²) in [5.41, 5.74) is 0.365. The number of carbonyl (C=O) groups is 2. The highest BCUT2D eigenvalue weighted by molar-refractivity contribution is 7.89. The summed E-state index contributed by atoms with van der Waals surface area (Å²) in [5, 5.41) is 16.0. The van der Waals surface area contributed by atoms with Gasteiger partial charge in [0, 0.05) is 29.4 Å². The molecule has 0 saturated carbocycles. The van der Waals surface area contributed by atoms with E-state index in [1.54, 1.807) is 13.8 Å². The number of hydrogen-bond donors (Lipinski definition) is 3. The fourth-order valence-corrected chi connectivity index (χ4v) is 4.76. The van der Waals surface area contributed by atoms with Crippen molar-refractivity contribution < 1.29 is 32.2 Å². The van der Waals surface area contributed by atoms with Crippen LogP contribution in [0.2, 0.25) is 0 Å². The molecular formula is C24H27FN4O6S. The van der Waals surface area contributed by atoms with Gasteiger partial charge in [0.15, 0.2) is 5.69 Å². The van der Waals surface area contributed by atoms with E-state index in [1.807, 2.05) is 6.92 Å². The van der Waals surface area contributed by atoms with Crippen LogP contribution in [0, 0.1) is 12.7 Å². The zero-order valence-electron chi connectivity index (χ0n) is 20.2. The van der Waals surface area contributed by atoms with Gasteiger partial charge in [-0.1, -0.05) is 6.92 Å². The Balaban J connectivity index is 2.05. The van der Waals surface area contributed by atoms with E-state index < -0.39 is 27.7 Å². The van der Waals surface area contributed by atoms with E-state index in [9.17, 15) is 27.5 Å². The summed E-state index contributed by atoms with van der Waals surface area (Å²) in [5.74, 6) is -2.30. The van der Waals surface area contributed by atoms with E-state index in [4.69, 9.17) is 4.74 Å². The molecule has 2 aromatic carbocycles. The SMILES string of the molecule is CCC(C)NS(=O)(=O)c1cc(NC(=O)c2ccc(F)cc2)ccc1Oc1c(C)c(C(=O)O)nn1CC. The van der Waals surface area contributed by atoms with Crippen LogP contribution in [0.25, 0.3) is 0 Å². The van der Waals surface area contributed by atoms with Crippen molar-refractivity contribution in [1.82, 2.24) is 14.5 Å². The maximum atomic E-state index is 13.2. The van der Waals surface area contributed by atoms with Crippen molar-refractivity contribution in [2.75, 3.05) is 5.32 Å². The zero-order valence-corrected chi connectivity index (χ0v) is 21.0. The number of rotatable bonds is 10. The molecule has 0 spiro atoms. The summed E-state index contributed by atoms with van der Waals surface area (Å²) < 4.78 is 49.5. The number of ether oxygens (including phenoxy) is 1. The lowest BCUT2D eigenvalue weighted by Crippen LogP contribution is -2.32. The monoisotopic (exact) mass is 518 g/mol. The topological polar surface area (TPSA) is 140 Å². The standard InChI is InChI=1S/C24H27FN4O6S/c1-5-14(3)28-36(33,34)20-13-18(26-22(30)16-7-9-17(25)10-8-16)11-12-19(20)35-23-15(4)21(24(31)32)27-29(23)6-2/h7-14,28H,5-6H2,1-4H3,(H,26,30)(H,31,32). The highest BCUT2D eigenvalue weighted by atomic mass is 32.2. The molecule has 0 aliphatic heterocycles. The van der Waals surface area contributed by atoms with Gasteiger partial charge in [-0.15, -0.1) is 0 Å². The quantitative estimate of drug-likeness (QED) is 0.366. The normalized spacial score (nSPS) is 12.2. The number of halogens is 1. The number of anilines is 1. The fourth-order valence-electron chi connectivity index (χ4n) is 3.28. The first-order valence-corrected chi connectivity index (χ1v) is 12.7. The molecule has 10 nitrogen and oxygen atoms in total. The van der Waals surface area contributed by atoms with E-state index in [0.29, 0.717) is 6.42 Å². The van der Waals surface area contributed by atoms with Gasteiger partial charge in [-0.2, -0.15) is 5.10 Å². The molecular weight excluding hydrogens is 491 g/mol. The van der Waals surface area contributed by atoms with Gasteiger partial charge in [-0.05, 0) is 69.7 Å². The predicted octanol–water partition coefficient (Wildman–Crippen LogP) is 4.17. The number of nitrogens with one attached hydrogen (secondary N) is 2. The highest BCUT2D eigenvalue weighted by Crippen LogP contribution is 2.34. The molecule has 0 fully saturated rings. The van der Waals surface area contributed by atoms with Crippen LogP contribution in [-0.4, -0.2) is 41.2 Å². The lowest BCUT2D eigenvalue weighted by molar-refractivity contribution is 0.0688. The Kier molecular flexibility index (Phi) is 8.10. The van der Waals surface area contributed by atoms with Crippen molar-refractivity contribution in [3.63, 3.8) is 0 Å². The number of sulfonamides is 1. The average Bonchev–Trinajstić information content (AvgIpc) is 3.15. The molecule has 0 aliphatic carbocycles. The molecule has 0 aliphatic rings. The van der Waals surface area contributed by atoms with Crippen LogP contribution in [0.15, 0.2) is 47.4 Å². The largest absolute Gasteiger partial charge is 0.476 e. The molecule has 0 saturated heterocycles. The van der Waals surface area contributed by atoms with Gasteiger partial charge in [0.2, 0.25) is 15.9 Å². The number of nitrogens with zero attached hydrogens (tertiary/aromatic N) is 2. The second-order valence-electron chi connectivity index (χ2n) is 8.05. The third-order valence-electron chi connectivity index (χ3n) is 5.41. The van der Waals surface area contributed by atoms with Crippen molar-refractivity contribution in [3.05, 3.63) is 65.1 Å². The molecule has 0 radical (unpaired) electrons. The number of carboxylic acid groups (broad SMARTS) is 1. The van der Waals surface area contributed by atoms with E-state index in [0.717, 1.165) is 12.1 Å². The minimum Gasteiger partial charge on any atom is -0.476 e. The number of carboxylic acids is 1. The Hall–Kier alpha value is -3.77. The van der Waals surface area contributed by atoms with Crippen molar-refractivity contribution in [1.29, 1.82) is 0 Å². The third-order valence-corrected chi connectivity index (χ3v) is 7.02. The number of amides is 1. The van der Waals surface area contributed by atoms with Gasteiger partial charge in [-0.3, -0.25) is 4.79 Å². The van der Waals surface area contributed by atoms with Crippen molar-refractivity contribution in [3.8, 4) is 11.6 Å². The summed E-state index contributed by atoms with van der Waals surface area (Å²) in [6.07, 6.45) is 0.528. The molecule has 3 rings (SSSR count). The molecule has 1 unspecified atom stereocenters. The molecule has 3 N–H and O–H groups in total. The zero-order chi connectivity index (χ0) is 26.6. The molecule has 1 heterocycles. The smallest absolute Gasteiger partial charge is 0.356 e. The maximum Gasteiger partial charge on any atom is 0.356 e. The molecule has 12 heteroatoms. The number of carbonyl (C=O) groups excluding carboxylic acids is 1. The van der Waals surface area contributed by atoms with Crippen LogP contribution in [0.3, 0.4) is 0 Å². The first kappa shape index (κ1) is 26.8. The van der Waals surface area contributed by atoms with Crippen molar-refractivity contribution >= 4 is 27.6 Å². The van der Waals surface area contributed by atoms with Gasteiger partial charge in [0.05, 0.1) is 0 Å². The Morgan fingerprint density at radius 3 is 2.42 bits per heavy atom. The highest BCUT2D eigenvalue weighted by Gasteiger charge is 2.26. The summed E-state index contributed by atoms with van der Waals surface area (Å²) >= 11 is 0. The van der Waals surface area contributed by atoms with E-state index in [1.165, 1.54) is 41.9 Å². The first-order valence-electron chi connectivity index (χ1n) is 11.2. The summed E-state index contributed by atoms with van der Waals surface area (Å²) in [4.78, 5) is 23.8. The van der Waals surface area contributed by atoms with Crippen LogP contribution >= 0.6 is 0 Å². The number of hydrogen-bond acceptors (Lipinski definition) is 6. The van der Waals surface area contributed by atoms with Crippen LogP contribution in [-0.2, 0) is 16.6 Å². The minimum atomic E-state index is -4.11. The summed E-state index contributed by atoms with van der Waals surface area (Å²) in [6.45, 7) is 7.05. The number of aromatic nitrogens is 2. The van der Waals surface area contributed by atoms with E-state index in [-0.39, 0.29) is 51.6 Å². The number of aromatic carboxylic acids is 1. The summed E-state index contributed by atoms with van der Waals surface area (Å²) in [6, 6.07) is 8.55. The average molecular weight is 519 g/mol. The Bertz CT molecular complexity index is 1390. The van der Waals surface area contributed by atoms with Gasteiger partial charge in [0.25, 0.3) is 5.91 Å². The van der Waals surface area contributed by atoms with Crippen LogP contribution < -0.4 is 14.8 Å².